The standard InChI is InChI=1S/C13H19ClN2O3S.ClH/c1-19-12-6-5-10(14)8-13(12)20(17,18)16-7-3-2-4-11(16)9-15;/h5-6,8,11H,2-4,7,9,15H2,1H3;1H. The van der Waals surface area contributed by atoms with Gasteiger partial charge in [-0.1, -0.05) is 18.0 Å². The van der Waals surface area contributed by atoms with Gasteiger partial charge in [-0.2, -0.15) is 4.31 Å². The van der Waals surface area contributed by atoms with Crippen molar-refractivity contribution in [1.82, 2.24) is 4.31 Å². The van der Waals surface area contributed by atoms with Crippen LogP contribution < -0.4 is 10.5 Å². The Bertz CT molecular complexity index is 581. The van der Waals surface area contributed by atoms with E-state index >= 15 is 0 Å². The number of ether oxygens (including phenoxy) is 1. The summed E-state index contributed by atoms with van der Waals surface area (Å²) in [6, 6.07) is 4.45. The summed E-state index contributed by atoms with van der Waals surface area (Å²) in [7, 11) is -2.20. The van der Waals surface area contributed by atoms with E-state index in [2.05, 4.69) is 0 Å². The van der Waals surface area contributed by atoms with Gasteiger partial charge >= 0.3 is 0 Å². The summed E-state index contributed by atoms with van der Waals surface area (Å²) in [6.07, 6.45) is 2.64. The van der Waals surface area contributed by atoms with Crippen molar-refractivity contribution in [2.24, 2.45) is 5.73 Å². The highest BCUT2D eigenvalue weighted by Crippen LogP contribution is 2.32. The lowest BCUT2D eigenvalue weighted by molar-refractivity contribution is 0.256. The fourth-order valence-electron chi connectivity index (χ4n) is 2.50. The molecule has 1 heterocycles. The Hall–Kier alpha value is -0.530. The molecule has 8 heteroatoms. The third-order valence-corrected chi connectivity index (χ3v) is 5.77. The van der Waals surface area contributed by atoms with Crippen LogP contribution >= 0.6 is 24.0 Å². The summed E-state index contributed by atoms with van der Waals surface area (Å²) < 4.78 is 32.3. The van der Waals surface area contributed by atoms with E-state index in [1.807, 2.05) is 0 Å². The van der Waals surface area contributed by atoms with Crippen LogP contribution in [0.5, 0.6) is 5.75 Å². The smallest absolute Gasteiger partial charge is 0.247 e. The van der Waals surface area contributed by atoms with E-state index in [1.54, 1.807) is 12.1 Å². The molecule has 21 heavy (non-hydrogen) atoms. The van der Waals surface area contributed by atoms with E-state index in [4.69, 9.17) is 22.1 Å². The van der Waals surface area contributed by atoms with Crippen LogP contribution in [-0.2, 0) is 10.0 Å². The van der Waals surface area contributed by atoms with Crippen molar-refractivity contribution in [2.75, 3.05) is 20.2 Å². The van der Waals surface area contributed by atoms with Gasteiger partial charge in [-0.25, -0.2) is 8.42 Å². The topological polar surface area (TPSA) is 72.6 Å². The van der Waals surface area contributed by atoms with Gasteiger partial charge in [0.2, 0.25) is 10.0 Å². The molecular weight excluding hydrogens is 335 g/mol. The minimum Gasteiger partial charge on any atom is -0.495 e. The molecule has 1 aromatic carbocycles. The molecule has 1 unspecified atom stereocenters. The molecule has 0 bridgehead atoms. The Morgan fingerprint density at radius 2 is 2.14 bits per heavy atom. The highest BCUT2D eigenvalue weighted by atomic mass is 35.5. The van der Waals surface area contributed by atoms with E-state index in [0.29, 0.717) is 23.9 Å². The zero-order valence-corrected chi connectivity index (χ0v) is 14.2. The van der Waals surface area contributed by atoms with Gasteiger partial charge in [0.25, 0.3) is 0 Å². The maximum atomic E-state index is 12.8. The molecular formula is C13H20Cl2N2O3S. The second-order valence-corrected chi connectivity index (χ2v) is 7.09. The van der Waals surface area contributed by atoms with Gasteiger partial charge in [-0.05, 0) is 31.0 Å². The molecule has 1 aromatic rings. The summed E-state index contributed by atoms with van der Waals surface area (Å²) in [5.41, 5.74) is 5.71. The molecule has 5 nitrogen and oxygen atoms in total. The molecule has 0 aliphatic carbocycles. The van der Waals surface area contributed by atoms with Gasteiger partial charge in [0.1, 0.15) is 10.6 Å². The van der Waals surface area contributed by atoms with Crippen LogP contribution in [0, 0.1) is 0 Å². The number of piperidine rings is 1. The number of hydrogen-bond donors (Lipinski definition) is 1. The average Bonchev–Trinajstić information content (AvgIpc) is 2.47. The molecule has 0 spiro atoms. The minimum atomic E-state index is -3.64. The number of methoxy groups -OCH3 is 1. The molecule has 0 saturated carbocycles. The summed E-state index contributed by atoms with van der Waals surface area (Å²) in [6.45, 7) is 0.808. The number of rotatable bonds is 4. The van der Waals surface area contributed by atoms with Crippen molar-refractivity contribution in [3.05, 3.63) is 23.2 Å². The first-order chi connectivity index (χ1) is 9.50. The number of nitrogens with two attached hydrogens (primary N) is 1. The summed E-state index contributed by atoms with van der Waals surface area (Å²) in [5, 5.41) is 0.366. The molecule has 1 aliphatic heterocycles. The van der Waals surface area contributed by atoms with Gasteiger partial charge in [-0.3, -0.25) is 0 Å². The predicted molar refractivity (Wildman–Crippen MR) is 85.8 cm³/mol. The van der Waals surface area contributed by atoms with Crippen LogP contribution in [0.25, 0.3) is 0 Å². The zero-order chi connectivity index (χ0) is 14.8. The molecule has 120 valence electrons. The molecule has 1 saturated heterocycles. The van der Waals surface area contributed by atoms with E-state index in [9.17, 15) is 8.42 Å². The molecule has 0 aromatic heterocycles. The third kappa shape index (κ3) is 3.81. The second-order valence-electron chi connectivity index (χ2n) is 4.80. The third-order valence-electron chi connectivity index (χ3n) is 3.56. The van der Waals surface area contributed by atoms with Crippen molar-refractivity contribution in [2.45, 2.75) is 30.2 Å². The Balaban J connectivity index is 0.00000220. The molecule has 1 aliphatic rings. The zero-order valence-electron chi connectivity index (χ0n) is 11.8. The van der Waals surface area contributed by atoms with Crippen LogP contribution in [0.2, 0.25) is 5.02 Å². The monoisotopic (exact) mass is 354 g/mol. The summed E-state index contributed by atoms with van der Waals surface area (Å²) in [4.78, 5) is 0.104. The van der Waals surface area contributed by atoms with E-state index < -0.39 is 10.0 Å². The maximum Gasteiger partial charge on any atom is 0.247 e. The molecule has 0 amide bonds. The lowest BCUT2D eigenvalue weighted by Gasteiger charge is -2.34. The van der Waals surface area contributed by atoms with Gasteiger partial charge in [0.05, 0.1) is 7.11 Å². The van der Waals surface area contributed by atoms with Crippen molar-refractivity contribution in [1.29, 1.82) is 0 Å². The highest BCUT2D eigenvalue weighted by molar-refractivity contribution is 7.89. The number of sulfonamides is 1. The number of benzene rings is 1. The molecule has 1 atom stereocenters. The van der Waals surface area contributed by atoms with E-state index in [0.717, 1.165) is 19.3 Å². The lowest BCUT2D eigenvalue weighted by Crippen LogP contribution is -2.47. The minimum absolute atomic E-state index is 0. The normalized spacial score (nSPS) is 19.9. The maximum absolute atomic E-state index is 12.8. The largest absolute Gasteiger partial charge is 0.495 e. The van der Waals surface area contributed by atoms with E-state index in [1.165, 1.54) is 17.5 Å². The van der Waals surface area contributed by atoms with Crippen LogP contribution in [0.4, 0.5) is 0 Å². The van der Waals surface area contributed by atoms with Crippen LogP contribution in [0.15, 0.2) is 23.1 Å². The van der Waals surface area contributed by atoms with Gasteiger partial charge < -0.3 is 10.5 Å². The first kappa shape index (κ1) is 18.5. The highest BCUT2D eigenvalue weighted by Gasteiger charge is 2.34. The fourth-order valence-corrected chi connectivity index (χ4v) is 4.63. The predicted octanol–water partition coefficient (Wildman–Crippen LogP) is 2.27. The second kappa shape index (κ2) is 7.65. The average molecular weight is 355 g/mol. The number of nitrogens with zero attached hydrogens (tertiary/aromatic N) is 1. The van der Waals surface area contributed by atoms with Crippen molar-refractivity contribution < 1.29 is 13.2 Å². The van der Waals surface area contributed by atoms with Crippen molar-refractivity contribution in [3.63, 3.8) is 0 Å². The molecule has 0 radical (unpaired) electrons. The van der Waals surface area contributed by atoms with Gasteiger partial charge in [-0.15, -0.1) is 12.4 Å². The van der Waals surface area contributed by atoms with Gasteiger partial charge in [0, 0.05) is 24.2 Å². The SMILES string of the molecule is COc1ccc(Cl)cc1S(=O)(=O)N1CCCCC1CN.Cl. The van der Waals surface area contributed by atoms with Crippen LogP contribution in [-0.4, -0.2) is 39.0 Å². The molecule has 2 rings (SSSR count). The Morgan fingerprint density at radius 1 is 1.43 bits per heavy atom. The van der Waals surface area contributed by atoms with Crippen LogP contribution in [0.1, 0.15) is 19.3 Å². The first-order valence-corrected chi connectivity index (χ1v) is 8.38. The quantitative estimate of drug-likeness (QED) is 0.899. The lowest BCUT2D eigenvalue weighted by atomic mass is 10.1. The van der Waals surface area contributed by atoms with Crippen molar-refractivity contribution >= 4 is 34.0 Å². The van der Waals surface area contributed by atoms with Crippen LogP contribution in [0.3, 0.4) is 0 Å². The fraction of sp³-hybridized carbons (Fsp3) is 0.538. The molecule has 2 N–H and O–H groups in total. The summed E-state index contributed by atoms with van der Waals surface area (Å²) in [5.74, 6) is 0.302. The summed E-state index contributed by atoms with van der Waals surface area (Å²) >= 11 is 5.93. The van der Waals surface area contributed by atoms with E-state index in [-0.39, 0.29) is 23.3 Å². The Labute approximate surface area is 136 Å². The van der Waals surface area contributed by atoms with Crippen molar-refractivity contribution in [3.8, 4) is 5.75 Å². The molecule has 1 fully saturated rings. The Kier molecular flexibility index (Phi) is 6.74. The number of halogens is 2. The van der Waals surface area contributed by atoms with Gasteiger partial charge in [0.15, 0.2) is 0 Å². The first-order valence-electron chi connectivity index (χ1n) is 6.56. The number of hydrogen-bond acceptors (Lipinski definition) is 4. The Morgan fingerprint density at radius 3 is 2.76 bits per heavy atom.